The molecule has 1 N–H and O–H groups in total. The van der Waals surface area contributed by atoms with Crippen LogP contribution in [0.4, 0.5) is 0 Å². The first-order valence-electron chi connectivity index (χ1n) is 6.57. The fourth-order valence-electron chi connectivity index (χ4n) is 2.85. The van der Waals surface area contributed by atoms with Crippen molar-refractivity contribution < 1.29 is 13.2 Å². The zero-order valence-electron chi connectivity index (χ0n) is 11.2. The first-order valence-corrected chi connectivity index (χ1v) is 8.39. The van der Waals surface area contributed by atoms with E-state index in [4.69, 9.17) is 0 Å². The van der Waals surface area contributed by atoms with Gasteiger partial charge in [0.05, 0.1) is 23.7 Å². The van der Waals surface area contributed by atoms with Crippen molar-refractivity contribution in [3.8, 4) is 0 Å². The summed E-state index contributed by atoms with van der Waals surface area (Å²) in [4.78, 5) is 13.9. The predicted octanol–water partition coefficient (Wildman–Crippen LogP) is 0.224. The Morgan fingerprint density at radius 2 is 2.11 bits per heavy atom. The highest BCUT2D eigenvalue weighted by Gasteiger charge is 2.40. The van der Waals surface area contributed by atoms with Crippen molar-refractivity contribution in [2.45, 2.75) is 39.4 Å². The van der Waals surface area contributed by atoms with Gasteiger partial charge in [-0.05, 0) is 25.2 Å². The van der Waals surface area contributed by atoms with Gasteiger partial charge in [0.2, 0.25) is 5.91 Å². The number of amides is 1. The summed E-state index contributed by atoms with van der Waals surface area (Å²) < 4.78 is 22.9. The summed E-state index contributed by atoms with van der Waals surface area (Å²) in [5, 5.41) is 3.27. The smallest absolute Gasteiger partial charge is 0.240 e. The first-order chi connectivity index (χ1) is 8.30. The van der Waals surface area contributed by atoms with Crippen molar-refractivity contribution >= 4 is 15.7 Å². The van der Waals surface area contributed by atoms with E-state index in [1.807, 2.05) is 11.8 Å². The second-order valence-corrected chi connectivity index (χ2v) is 8.07. The summed E-state index contributed by atoms with van der Waals surface area (Å²) in [5.74, 6) is 1.03. The van der Waals surface area contributed by atoms with E-state index in [0.717, 1.165) is 0 Å². The maximum Gasteiger partial charge on any atom is 0.240 e. The number of sulfone groups is 1. The van der Waals surface area contributed by atoms with Gasteiger partial charge in [0.15, 0.2) is 9.84 Å². The maximum absolute atomic E-state index is 12.1. The van der Waals surface area contributed by atoms with Crippen molar-refractivity contribution in [1.29, 1.82) is 0 Å². The van der Waals surface area contributed by atoms with Gasteiger partial charge in [-0.3, -0.25) is 10.1 Å². The van der Waals surface area contributed by atoms with Gasteiger partial charge in [-0.25, -0.2) is 8.42 Å². The maximum atomic E-state index is 12.1. The van der Waals surface area contributed by atoms with Gasteiger partial charge < -0.3 is 4.90 Å². The molecule has 0 aromatic rings. The SMILES string of the molecule is CC1NC(C(C)C)N(CC2CCS(=O)(=O)C2)C1=O. The van der Waals surface area contributed by atoms with Crippen LogP contribution in [0.2, 0.25) is 0 Å². The molecule has 2 aliphatic rings. The third-order valence-electron chi connectivity index (χ3n) is 3.82. The van der Waals surface area contributed by atoms with Crippen LogP contribution in [0.5, 0.6) is 0 Å². The van der Waals surface area contributed by atoms with Gasteiger partial charge >= 0.3 is 0 Å². The molecule has 3 unspecified atom stereocenters. The van der Waals surface area contributed by atoms with E-state index in [9.17, 15) is 13.2 Å². The number of rotatable bonds is 3. The van der Waals surface area contributed by atoms with Crippen LogP contribution in [-0.4, -0.2) is 49.5 Å². The molecule has 0 radical (unpaired) electrons. The summed E-state index contributed by atoms with van der Waals surface area (Å²) in [5.41, 5.74) is 0. The molecule has 2 heterocycles. The van der Waals surface area contributed by atoms with Crippen molar-refractivity contribution in [2.24, 2.45) is 11.8 Å². The van der Waals surface area contributed by atoms with Gasteiger partial charge in [-0.15, -0.1) is 0 Å². The molecule has 1 amide bonds. The van der Waals surface area contributed by atoms with Crippen LogP contribution in [0.15, 0.2) is 0 Å². The minimum atomic E-state index is -2.86. The molecule has 2 fully saturated rings. The van der Waals surface area contributed by atoms with Crippen LogP contribution in [0, 0.1) is 11.8 Å². The van der Waals surface area contributed by atoms with Gasteiger partial charge in [-0.2, -0.15) is 0 Å². The largest absolute Gasteiger partial charge is 0.325 e. The Morgan fingerprint density at radius 3 is 2.61 bits per heavy atom. The van der Waals surface area contributed by atoms with Crippen LogP contribution in [0.1, 0.15) is 27.2 Å². The molecule has 3 atom stereocenters. The quantitative estimate of drug-likeness (QED) is 0.800. The topological polar surface area (TPSA) is 66.5 Å². The van der Waals surface area contributed by atoms with Gasteiger partial charge in [0.25, 0.3) is 0 Å². The Morgan fingerprint density at radius 1 is 1.44 bits per heavy atom. The van der Waals surface area contributed by atoms with Crippen molar-refractivity contribution in [3.63, 3.8) is 0 Å². The van der Waals surface area contributed by atoms with Crippen LogP contribution in [0.25, 0.3) is 0 Å². The minimum Gasteiger partial charge on any atom is -0.325 e. The highest BCUT2D eigenvalue weighted by Crippen LogP contribution is 2.24. The lowest BCUT2D eigenvalue weighted by Gasteiger charge is -2.29. The fourth-order valence-corrected chi connectivity index (χ4v) is 4.70. The molecule has 0 aromatic carbocycles. The molecule has 0 saturated carbocycles. The number of hydrogen-bond acceptors (Lipinski definition) is 4. The average molecular weight is 274 g/mol. The van der Waals surface area contributed by atoms with Crippen molar-refractivity contribution in [1.82, 2.24) is 10.2 Å². The molecule has 2 aliphatic heterocycles. The van der Waals surface area contributed by atoms with E-state index in [0.29, 0.717) is 18.9 Å². The molecular weight excluding hydrogens is 252 g/mol. The number of carbonyl (C=O) groups is 1. The predicted molar refractivity (Wildman–Crippen MR) is 69.7 cm³/mol. The van der Waals surface area contributed by atoms with Crippen LogP contribution in [0.3, 0.4) is 0 Å². The summed E-state index contributed by atoms with van der Waals surface area (Å²) in [6.45, 7) is 6.57. The second kappa shape index (κ2) is 4.81. The second-order valence-electron chi connectivity index (χ2n) is 5.84. The molecule has 2 rings (SSSR count). The summed E-state index contributed by atoms with van der Waals surface area (Å²) >= 11 is 0. The summed E-state index contributed by atoms with van der Waals surface area (Å²) in [6.07, 6.45) is 0.724. The molecule has 0 bridgehead atoms. The lowest BCUT2D eigenvalue weighted by atomic mass is 10.1. The lowest BCUT2D eigenvalue weighted by Crippen LogP contribution is -2.43. The number of carbonyl (C=O) groups excluding carboxylic acids is 1. The Bertz CT molecular complexity index is 433. The van der Waals surface area contributed by atoms with Gasteiger partial charge in [0.1, 0.15) is 0 Å². The van der Waals surface area contributed by atoms with E-state index < -0.39 is 9.84 Å². The normalized spacial score (nSPS) is 35.7. The molecule has 0 spiro atoms. The average Bonchev–Trinajstić information content (AvgIpc) is 2.73. The molecule has 5 nitrogen and oxygen atoms in total. The third kappa shape index (κ3) is 2.69. The van der Waals surface area contributed by atoms with Crippen LogP contribution >= 0.6 is 0 Å². The van der Waals surface area contributed by atoms with E-state index in [1.54, 1.807) is 0 Å². The number of hydrogen-bond donors (Lipinski definition) is 1. The summed E-state index contributed by atoms with van der Waals surface area (Å²) in [6, 6.07) is -0.157. The Kier molecular flexibility index (Phi) is 3.69. The third-order valence-corrected chi connectivity index (χ3v) is 5.66. The zero-order chi connectivity index (χ0) is 13.5. The molecule has 6 heteroatoms. The zero-order valence-corrected chi connectivity index (χ0v) is 12.0. The molecule has 18 heavy (non-hydrogen) atoms. The number of nitrogens with one attached hydrogen (secondary N) is 1. The van der Waals surface area contributed by atoms with Crippen LogP contribution < -0.4 is 5.32 Å². The highest BCUT2D eigenvalue weighted by molar-refractivity contribution is 7.91. The van der Waals surface area contributed by atoms with Crippen LogP contribution in [-0.2, 0) is 14.6 Å². The van der Waals surface area contributed by atoms with E-state index in [2.05, 4.69) is 19.2 Å². The molecule has 0 aromatic heterocycles. The van der Waals surface area contributed by atoms with Crippen molar-refractivity contribution in [2.75, 3.05) is 18.1 Å². The first kappa shape index (κ1) is 13.8. The highest BCUT2D eigenvalue weighted by atomic mass is 32.2. The lowest BCUT2D eigenvalue weighted by molar-refractivity contribution is -0.130. The van der Waals surface area contributed by atoms with Crippen molar-refractivity contribution in [3.05, 3.63) is 0 Å². The van der Waals surface area contributed by atoms with E-state index in [1.165, 1.54) is 0 Å². The van der Waals surface area contributed by atoms with Gasteiger partial charge in [0, 0.05) is 6.54 Å². The molecule has 0 aliphatic carbocycles. The summed E-state index contributed by atoms with van der Waals surface area (Å²) in [7, 11) is -2.86. The Labute approximate surface area is 109 Å². The Hall–Kier alpha value is -0.620. The fraction of sp³-hybridized carbons (Fsp3) is 0.917. The molecular formula is C12H22N2O3S. The monoisotopic (exact) mass is 274 g/mol. The van der Waals surface area contributed by atoms with E-state index >= 15 is 0 Å². The minimum absolute atomic E-state index is 0.0378. The van der Waals surface area contributed by atoms with E-state index in [-0.39, 0.29) is 35.5 Å². The Balaban J connectivity index is 2.05. The molecule has 2 saturated heterocycles. The van der Waals surface area contributed by atoms with Gasteiger partial charge in [-0.1, -0.05) is 13.8 Å². The number of nitrogens with zero attached hydrogens (tertiary/aromatic N) is 1. The molecule has 104 valence electrons. The standard InChI is InChI=1S/C12H22N2O3S/c1-8(2)11-13-9(3)12(15)14(11)6-10-4-5-18(16,17)7-10/h8-11,13H,4-7H2,1-3H3.